The monoisotopic (exact) mass is 306 g/mol. The Morgan fingerprint density at radius 1 is 1.50 bits per heavy atom. The standard InChI is InChI=1S/C16H26N4O2/c1-19-9-5-14(6-10-19)20(8-3-11-22-2)16(21)13-4-7-18-15(17)12-13/h4,7,12,14H,3,5-6,8-11H2,1-2H3,(H2,17,18). The van der Waals surface area contributed by atoms with Crippen LogP contribution < -0.4 is 5.73 Å². The summed E-state index contributed by atoms with van der Waals surface area (Å²) in [7, 11) is 3.81. The van der Waals surface area contributed by atoms with Crippen molar-refractivity contribution < 1.29 is 9.53 Å². The van der Waals surface area contributed by atoms with Gasteiger partial charge in [0.25, 0.3) is 5.91 Å². The van der Waals surface area contributed by atoms with Crippen molar-refractivity contribution >= 4 is 11.7 Å². The van der Waals surface area contributed by atoms with Crippen molar-refractivity contribution in [3.05, 3.63) is 23.9 Å². The number of rotatable bonds is 6. The van der Waals surface area contributed by atoms with Crippen molar-refractivity contribution in [2.24, 2.45) is 0 Å². The van der Waals surface area contributed by atoms with E-state index in [4.69, 9.17) is 10.5 Å². The lowest BCUT2D eigenvalue weighted by molar-refractivity contribution is 0.0564. The van der Waals surface area contributed by atoms with Crippen LogP contribution in [0.2, 0.25) is 0 Å². The molecule has 2 heterocycles. The van der Waals surface area contributed by atoms with Crippen LogP contribution in [0.3, 0.4) is 0 Å². The van der Waals surface area contributed by atoms with E-state index in [-0.39, 0.29) is 11.9 Å². The topological polar surface area (TPSA) is 71.7 Å². The van der Waals surface area contributed by atoms with Gasteiger partial charge in [-0.1, -0.05) is 0 Å². The van der Waals surface area contributed by atoms with Crippen LogP contribution in [0.4, 0.5) is 5.82 Å². The molecule has 122 valence electrons. The van der Waals surface area contributed by atoms with Gasteiger partial charge < -0.3 is 20.3 Å². The SMILES string of the molecule is COCCCN(C(=O)c1ccnc(N)c1)C1CCN(C)CC1. The average Bonchev–Trinajstić information content (AvgIpc) is 2.52. The molecule has 6 nitrogen and oxygen atoms in total. The highest BCUT2D eigenvalue weighted by atomic mass is 16.5. The highest BCUT2D eigenvalue weighted by Gasteiger charge is 2.27. The Morgan fingerprint density at radius 3 is 2.86 bits per heavy atom. The molecule has 1 aromatic heterocycles. The molecule has 0 spiro atoms. The van der Waals surface area contributed by atoms with Gasteiger partial charge >= 0.3 is 0 Å². The molecule has 0 aromatic carbocycles. The van der Waals surface area contributed by atoms with Gasteiger partial charge in [-0.25, -0.2) is 4.98 Å². The van der Waals surface area contributed by atoms with Gasteiger partial charge in [-0.2, -0.15) is 0 Å². The number of ether oxygens (including phenoxy) is 1. The first-order valence-corrected chi connectivity index (χ1v) is 7.82. The number of hydrogen-bond donors (Lipinski definition) is 1. The third-order valence-corrected chi connectivity index (χ3v) is 4.17. The first-order chi connectivity index (χ1) is 10.6. The Kier molecular flexibility index (Phi) is 6.15. The molecule has 1 aliphatic heterocycles. The highest BCUT2D eigenvalue weighted by molar-refractivity contribution is 5.95. The summed E-state index contributed by atoms with van der Waals surface area (Å²) in [4.78, 5) is 21.1. The van der Waals surface area contributed by atoms with Gasteiger partial charge in [0, 0.05) is 38.1 Å². The summed E-state index contributed by atoms with van der Waals surface area (Å²) in [6.45, 7) is 3.42. The van der Waals surface area contributed by atoms with Crippen LogP contribution in [-0.2, 0) is 4.74 Å². The zero-order chi connectivity index (χ0) is 15.9. The molecule has 1 aliphatic rings. The maximum absolute atomic E-state index is 12.9. The number of nitrogens with zero attached hydrogens (tertiary/aromatic N) is 3. The summed E-state index contributed by atoms with van der Waals surface area (Å²) in [6.07, 6.45) is 4.45. The lowest BCUT2D eigenvalue weighted by Gasteiger charge is -2.37. The number of pyridine rings is 1. The maximum atomic E-state index is 12.9. The van der Waals surface area contributed by atoms with E-state index < -0.39 is 0 Å². The predicted octanol–water partition coefficient (Wildman–Crippen LogP) is 1.24. The maximum Gasteiger partial charge on any atom is 0.254 e. The number of anilines is 1. The van der Waals surface area contributed by atoms with Crippen LogP contribution in [0.1, 0.15) is 29.6 Å². The Morgan fingerprint density at radius 2 is 2.23 bits per heavy atom. The van der Waals surface area contributed by atoms with Crippen molar-refractivity contribution in [3.63, 3.8) is 0 Å². The number of amides is 1. The Bertz CT molecular complexity index is 487. The molecule has 1 fully saturated rings. The Balaban J connectivity index is 2.10. The number of aromatic nitrogens is 1. The van der Waals surface area contributed by atoms with E-state index >= 15 is 0 Å². The van der Waals surface area contributed by atoms with Gasteiger partial charge in [-0.3, -0.25) is 4.79 Å². The van der Waals surface area contributed by atoms with Crippen LogP contribution in [0.5, 0.6) is 0 Å². The first kappa shape index (κ1) is 16.7. The minimum Gasteiger partial charge on any atom is -0.385 e. The molecule has 1 amide bonds. The minimum atomic E-state index is 0.0414. The number of carbonyl (C=O) groups is 1. The Hall–Kier alpha value is -1.66. The van der Waals surface area contributed by atoms with E-state index in [1.165, 1.54) is 0 Å². The molecule has 22 heavy (non-hydrogen) atoms. The van der Waals surface area contributed by atoms with Gasteiger partial charge in [-0.05, 0) is 51.5 Å². The largest absolute Gasteiger partial charge is 0.385 e. The minimum absolute atomic E-state index is 0.0414. The summed E-state index contributed by atoms with van der Waals surface area (Å²) in [5, 5.41) is 0. The number of likely N-dealkylation sites (tertiary alicyclic amines) is 1. The van der Waals surface area contributed by atoms with Gasteiger partial charge in [-0.15, -0.1) is 0 Å². The molecular formula is C16H26N4O2. The molecular weight excluding hydrogens is 280 g/mol. The van der Waals surface area contributed by atoms with E-state index in [9.17, 15) is 4.79 Å². The first-order valence-electron chi connectivity index (χ1n) is 7.82. The van der Waals surface area contributed by atoms with Crippen LogP contribution in [0.15, 0.2) is 18.3 Å². The van der Waals surface area contributed by atoms with Crippen LogP contribution in [-0.4, -0.2) is 67.1 Å². The van der Waals surface area contributed by atoms with Crippen molar-refractivity contribution in [3.8, 4) is 0 Å². The second-order valence-electron chi connectivity index (χ2n) is 5.85. The van der Waals surface area contributed by atoms with Crippen LogP contribution >= 0.6 is 0 Å². The second-order valence-corrected chi connectivity index (χ2v) is 5.85. The molecule has 6 heteroatoms. The summed E-state index contributed by atoms with van der Waals surface area (Å²) in [5.74, 6) is 0.422. The van der Waals surface area contributed by atoms with Gasteiger partial charge in [0.2, 0.25) is 0 Å². The summed E-state index contributed by atoms with van der Waals surface area (Å²) in [5.41, 5.74) is 6.32. The molecule has 1 saturated heterocycles. The van der Waals surface area contributed by atoms with Crippen molar-refractivity contribution in [1.29, 1.82) is 0 Å². The number of piperidine rings is 1. The summed E-state index contributed by atoms with van der Waals surface area (Å²) >= 11 is 0. The summed E-state index contributed by atoms with van der Waals surface area (Å²) < 4.78 is 5.12. The molecule has 0 saturated carbocycles. The van der Waals surface area contributed by atoms with E-state index in [1.807, 2.05) is 4.90 Å². The molecule has 0 radical (unpaired) electrons. The van der Waals surface area contributed by atoms with E-state index in [2.05, 4.69) is 16.9 Å². The molecule has 0 atom stereocenters. The average molecular weight is 306 g/mol. The van der Waals surface area contributed by atoms with Crippen molar-refractivity contribution in [2.75, 3.05) is 46.1 Å². The lowest BCUT2D eigenvalue weighted by atomic mass is 10.0. The van der Waals surface area contributed by atoms with Gasteiger partial charge in [0.15, 0.2) is 0 Å². The smallest absolute Gasteiger partial charge is 0.254 e. The third kappa shape index (κ3) is 4.42. The summed E-state index contributed by atoms with van der Waals surface area (Å²) in [6, 6.07) is 3.67. The molecule has 1 aromatic rings. The van der Waals surface area contributed by atoms with Gasteiger partial charge in [0.05, 0.1) is 0 Å². The molecule has 0 bridgehead atoms. The molecule has 0 aliphatic carbocycles. The van der Waals surface area contributed by atoms with Crippen molar-refractivity contribution in [1.82, 2.24) is 14.8 Å². The number of methoxy groups -OCH3 is 1. The number of nitrogen functional groups attached to an aromatic ring is 1. The molecule has 2 N–H and O–H groups in total. The fourth-order valence-electron chi connectivity index (χ4n) is 2.88. The van der Waals surface area contributed by atoms with E-state index in [0.29, 0.717) is 24.5 Å². The highest BCUT2D eigenvalue weighted by Crippen LogP contribution is 2.19. The number of nitrogens with two attached hydrogens (primary N) is 1. The zero-order valence-corrected chi connectivity index (χ0v) is 13.5. The molecule has 2 rings (SSSR count). The lowest BCUT2D eigenvalue weighted by Crippen LogP contribution is -2.47. The van der Waals surface area contributed by atoms with Crippen LogP contribution in [0.25, 0.3) is 0 Å². The Labute approximate surface area is 132 Å². The van der Waals surface area contributed by atoms with Gasteiger partial charge in [0.1, 0.15) is 5.82 Å². The number of carbonyl (C=O) groups excluding carboxylic acids is 1. The predicted molar refractivity (Wildman–Crippen MR) is 86.7 cm³/mol. The quantitative estimate of drug-likeness (QED) is 0.801. The normalized spacial score (nSPS) is 16.6. The van der Waals surface area contributed by atoms with Crippen molar-refractivity contribution in [2.45, 2.75) is 25.3 Å². The number of hydrogen-bond acceptors (Lipinski definition) is 5. The van der Waals surface area contributed by atoms with E-state index in [1.54, 1.807) is 25.4 Å². The second kappa shape index (κ2) is 8.10. The molecule has 0 unspecified atom stereocenters. The zero-order valence-electron chi connectivity index (χ0n) is 13.5. The third-order valence-electron chi connectivity index (χ3n) is 4.17. The van der Waals surface area contributed by atoms with Crippen LogP contribution in [0, 0.1) is 0 Å². The fraction of sp³-hybridized carbons (Fsp3) is 0.625. The van der Waals surface area contributed by atoms with E-state index in [0.717, 1.165) is 32.4 Å². The fourth-order valence-corrected chi connectivity index (χ4v) is 2.88.